The molecular weight excluding hydrogens is 226 g/mol. The standard InChI is InChI=1S/C15H25NO2/c1-5-16-12(3)10-13(4)18-15-9-7-8-14(11-15)17-6-2/h7-9,11-13,16H,5-6,10H2,1-4H3. The number of hydrogen-bond acceptors (Lipinski definition) is 3. The van der Waals surface area contributed by atoms with Crippen LogP contribution in [0.1, 0.15) is 34.1 Å². The van der Waals surface area contributed by atoms with E-state index in [-0.39, 0.29) is 6.10 Å². The molecule has 0 saturated heterocycles. The summed E-state index contributed by atoms with van der Waals surface area (Å²) in [4.78, 5) is 0. The molecule has 0 bridgehead atoms. The molecule has 0 aliphatic carbocycles. The van der Waals surface area contributed by atoms with Gasteiger partial charge in [-0.25, -0.2) is 0 Å². The highest BCUT2D eigenvalue weighted by Crippen LogP contribution is 2.21. The molecule has 3 heteroatoms. The van der Waals surface area contributed by atoms with Gasteiger partial charge >= 0.3 is 0 Å². The fraction of sp³-hybridized carbons (Fsp3) is 0.600. The minimum atomic E-state index is 0.191. The molecule has 1 rings (SSSR count). The summed E-state index contributed by atoms with van der Waals surface area (Å²) in [7, 11) is 0. The van der Waals surface area contributed by atoms with Crippen molar-refractivity contribution in [3.05, 3.63) is 24.3 Å². The maximum atomic E-state index is 5.90. The van der Waals surface area contributed by atoms with E-state index >= 15 is 0 Å². The second-order valence-electron chi connectivity index (χ2n) is 4.53. The summed E-state index contributed by atoms with van der Waals surface area (Å²) >= 11 is 0. The molecule has 0 radical (unpaired) electrons. The molecular formula is C15H25NO2. The predicted octanol–water partition coefficient (Wildman–Crippen LogP) is 3.24. The third-order valence-corrected chi connectivity index (χ3v) is 2.69. The molecule has 1 aromatic rings. The van der Waals surface area contributed by atoms with Crippen LogP contribution in [0.15, 0.2) is 24.3 Å². The largest absolute Gasteiger partial charge is 0.494 e. The molecule has 102 valence electrons. The Morgan fingerprint density at radius 2 is 1.89 bits per heavy atom. The van der Waals surface area contributed by atoms with Crippen molar-refractivity contribution in [2.45, 2.75) is 46.3 Å². The Morgan fingerprint density at radius 3 is 2.56 bits per heavy atom. The molecule has 0 fully saturated rings. The van der Waals surface area contributed by atoms with Gasteiger partial charge in [-0.05, 0) is 45.9 Å². The molecule has 1 N–H and O–H groups in total. The van der Waals surface area contributed by atoms with Gasteiger partial charge in [0.15, 0.2) is 0 Å². The van der Waals surface area contributed by atoms with E-state index in [4.69, 9.17) is 9.47 Å². The Bertz CT molecular complexity index is 341. The zero-order valence-corrected chi connectivity index (χ0v) is 11.9. The molecule has 0 aliphatic heterocycles. The summed E-state index contributed by atoms with van der Waals surface area (Å²) in [5, 5.41) is 3.39. The fourth-order valence-electron chi connectivity index (χ4n) is 2.01. The molecule has 3 nitrogen and oxygen atoms in total. The molecule has 2 atom stereocenters. The van der Waals surface area contributed by atoms with Crippen LogP contribution < -0.4 is 14.8 Å². The molecule has 0 spiro atoms. The second-order valence-corrected chi connectivity index (χ2v) is 4.53. The van der Waals surface area contributed by atoms with Crippen LogP contribution in [0.4, 0.5) is 0 Å². The second kappa shape index (κ2) is 7.98. The lowest BCUT2D eigenvalue weighted by molar-refractivity contribution is 0.195. The quantitative estimate of drug-likeness (QED) is 0.769. The first kappa shape index (κ1) is 14.8. The average molecular weight is 251 g/mol. The number of ether oxygens (including phenoxy) is 2. The first-order valence-corrected chi connectivity index (χ1v) is 6.78. The van der Waals surface area contributed by atoms with Gasteiger partial charge in [0.2, 0.25) is 0 Å². The van der Waals surface area contributed by atoms with E-state index in [9.17, 15) is 0 Å². The summed E-state index contributed by atoms with van der Waals surface area (Å²) in [5.41, 5.74) is 0. The van der Waals surface area contributed by atoms with Crippen LogP contribution in [-0.4, -0.2) is 25.3 Å². The molecule has 0 aliphatic rings. The summed E-state index contributed by atoms with van der Waals surface area (Å²) < 4.78 is 11.4. The van der Waals surface area contributed by atoms with Crippen LogP contribution in [-0.2, 0) is 0 Å². The smallest absolute Gasteiger partial charge is 0.123 e. The van der Waals surface area contributed by atoms with E-state index < -0.39 is 0 Å². The van der Waals surface area contributed by atoms with Crippen LogP contribution in [0.2, 0.25) is 0 Å². The van der Waals surface area contributed by atoms with Gasteiger partial charge in [0.25, 0.3) is 0 Å². The highest BCUT2D eigenvalue weighted by molar-refractivity contribution is 5.33. The number of benzene rings is 1. The topological polar surface area (TPSA) is 30.5 Å². The van der Waals surface area contributed by atoms with Gasteiger partial charge in [-0.3, -0.25) is 0 Å². The third kappa shape index (κ3) is 5.41. The van der Waals surface area contributed by atoms with E-state index in [0.717, 1.165) is 24.5 Å². The first-order chi connectivity index (χ1) is 8.65. The van der Waals surface area contributed by atoms with Crippen LogP contribution in [0.25, 0.3) is 0 Å². The maximum Gasteiger partial charge on any atom is 0.123 e. The minimum absolute atomic E-state index is 0.191. The van der Waals surface area contributed by atoms with Crippen molar-refractivity contribution in [1.29, 1.82) is 0 Å². The van der Waals surface area contributed by atoms with Crippen LogP contribution in [0.3, 0.4) is 0 Å². The number of rotatable bonds is 8. The Morgan fingerprint density at radius 1 is 1.17 bits per heavy atom. The zero-order valence-electron chi connectivity index (χ0n) is 11.9. The molecule has 2 unspecified atom stereocenters. The van der Waals surface area contributed by atoms with Gasteiger partial charge in [0.05, 0.1) is 12.7 Å². The summed E-state index contributed by atoms with van der Waals surface area (Å²) in [6.45, 7) is 10.0. The van der Waals surface area contributed by atoms with Gasteiger partial charge in [-0.2, -0.15) is 0 Å². The molecule has 18 heavy (non-hydrogen) atoms. The van der Waals surface area contributed by atoms with Crippen molar-refractivity contribution in [3.63, 3.8) is 0 Å². The van der Waals surface area contributed by atoms with E-state index in [1.165, 1.54) is 0 Å². The first-order valence-electron chi connectivity index (χ1n) is 6.78. The van der Waals surface area contributed by atoms with Crippen LogP contribution in [0, 0.1) is 0 Å². The lowest BCUT2D eigenvalue weighted by atomic mass is 10.1. The molecule has 0 aromatic heterocycles. The Hall–Kier alpha value is -1.22. The van der Waals surface area contributed by atoms with Gasteiger partial charge < -0.3 is 14.8 Å². The van der Waals surface area contributed by atoms with E-state index in [0.29, 0.717) is 12.6 Å². The van der Waals surface area contributed by atoms with Crippen molar-refractivity contribution in [3.8, 4) is 11.5 Å². The van der Waals surface area contributed by atoms with Crippen molar-refractivity contribution >= 4 is 0 Å². The zero-order chi connectivity index (χ0) is 13.4. The fourth-order valence-corrected chi connectivity index (χ4v) is 2.01. The van der Waals surface area contributed by atoms with E-state index in [1.807, 2.05) is 31.2 Å². The van der Waals surface area contributed by atoms with E-state index in [1.54, 1.807) is 0 Å². The third-order valence-electron chi connectivity index (χ3n) is 2.69. The molecule has 0 saturated carbocycles. The van der Waals surface area contributed by atoms with Crippen molar-refractivity contribution in [2.24, 2.45) is 0 Å². The van der Waals surface area contributed by atoms with Gasteiger partial charge in [-0.15, -0.1) is 0 Å². The lowest BCUT2D eigenvalue weighted by Crippen LogP contribution is -2.30. The maximum absolute atomic E-state index is 5.90. The van der Waals surface area contributed by atoms with E-state index in [2.05, 4.69) is 26.1 Å². The van der Waals surface area contributed by atoms with Gasteiger partial charge in [0.1, 0.15) is 11.5 Å². The predicted molar refractivity (Wildman–Crippen MR) is 75.5 cm³/mol. The van der Waals surface area contributed by atoms with Crippen molar-refractivity contribution in [2.75, 3.05) is 13.2 Å². The number of hydrogen-bond donors (Lipinski definition) is 1. The average Bonchev–Trinajstić information content (AvgIpc) is 2.29. The molecule has 0 amide bonds. The SMILES string of the molecule is CCNC(C)CC(C)Oc1cccc(OCC)c1. The Labute approximate surface area is 110 Å². The van der Waals surface area contributed by atoms with Crippen molar-refractivity contribution < 1.29 is 9.47 Å². The summed E-state index contributed by atoms with van der Waals surface area (Å²) in [6, 6.07) is 8.29. The Balaban J connectivity index is 2.47. The normalized spacial score (nSPS) is 14.0. The highest BCUT2D eigenvalue weighted by atomic mass is 16.5. The van der Waals surface area contributed by atoms with Crippen LogP contribution >= 0.6 is 0 Å². The van der Waals surface area contributed by atoms with Gasteiger partial charge in [0, 0.05) is 12.1 Å². The van der Waals surface area contributed by atoms with Crippen LogP contribution in [0.5, 0.6) is 11.5 Å². The summed E-state index contributed by atoms with van der Waals surface area (Å²) in [6.07, 6.45) is 1.18. The molecule has 0 heterocycles. The summed E-state index contributed by atoms with van der Waals surface area (Å²) in [5.74, 6) is 1.74. The lowest BCUT2D eigenvalue weighted by Gasteiger charge is -2.19. The number of nitrogens with one attached hydrogen (secondary N) is 1. The molecule has 1 aromatic carbocycles. The van der Waals surface area contributed by atoms with Gasteiger partial charge in [-0.1, -0.05) is 13.0 Å². The highest BCUT2D eigenvalue weighted by Gasteiger charge is 2.09. The Kier molecular flexibility index (Phi) is 6.58. The monoisotopic (exact) mass is 251 g/mol. The minimum Gasteiger partial charge on any atom is -0.494 e. The van der Waals surface area contributed by atoms with Crippen molar-refractivity contribution in [1.82, 2.24) is 5.32 Å².